The fourth-order valence-corrected chi connectivity index (χ4v) is 2.58. The Hall–Kier alpha value is -0.950. The highest BCUT2D eigenvalue weighted by molar-refractivity contribution is 7.89. The number of hydrogen-bond donors (Lipinski definition) is 1. The summed E-state index contributed by atoms with van der Waals surface area (Å²) in [5.41, 5.74) is 0. The molecule has 1 aromatic heterocycles. The van der Waals surface area contributed by atoms with Crippen molar-refractivity contribution in [3.05, 3.63) is 6.20 Å². The van der Waals surface area contributed by atoms with Crippen LogP contribution in [0.15, 0.2) is 11.2 Å². The predicted molar refractivity (Wildman–Crippen MR) is 49.0 cm³/mol. The fraction of sp³-hybridized carbons (Fsp3) is 0.714. The third-order valence-corrected chi connectivity index (χ3v) is 3.57. The highest BCUT2D eigenvalue weighted by atomic mass is 32.2. The zero-order chi connectivity index (χ0) is 10.2. The maximum absolute atomic E-state index is 11.7. The van der Waals surface area contributed by atoms with Crippen molar-refractivity contribution < 1.29 is 8.42 Å². The van der Waals surface area contributed by atoms with Gasteiger partial charge in [0.15, 0.2) is 5.03 Å². The Balaban J connectivity index is 2.27. The van der Waals surface area contributed by atoms with Gasteiger partial charge >= 0.3 is 0 Å². The van der Waals surface area contributed by atoms with Crippen molar-refractivity contribution in [3.63, 3.8) is 0 Å². The molecule has 1 aliphatic rings. The molecule has 1 saturated carbocycles. The van der Waals surface area contributed by atoms with Gasteiger partial charge in [0, 0.05) is 12.6 Å². The van der Waals surface area contributed by atoms with Crippen LogP contribution in [0.1, 0.15) is 19.8 Å². The van der Waals surface area contributed by atoms with Gasteiger partial charge in [0.05, 0.1) is 6.20 Å². The topological polar surface area (TPSA) is 76.9 Å². The lowest BCUT2D eigenvalue weighted by Crippen LogP contribution is -2.27. The second-order valence-corrected chi connectivity index (χ2v) is 4.94. The normalized spacial score (nSPS) is 17.2. The molecule has 78 valence electrons. The third-order valence-electron chi connectivity index (χ3n) is 2.06. The number of nitrogens with one attached hydrogen (secondary N) is 1. The van der Waals surface area contributed by atoms with Gasteiger partial charge in [0.25, 0.3) is 10.0 Å². The summed E-state index contributed by atoms with van der Waals surface area (Å²) in [4.78, 5) is 0. The molecule has 14 heavy (non-hydrogen) atoms. The molecule has 0 spiro atoms. The first-order valence-electron chi connectivity index (χ1n) is 4.54. The van der Waals surface area contributed by atoms with Crippen LogP contribution in [0.5, 0.6) is 0 Å². The van der Waals surface area contributed by atoms with Crippen molar-refractivity contribution in [1.82, 2.24) is 19.7 Å². The standard InChI is InChI=1S/C7H12N4O2S/c1-2-11-7(5-8-10-11)14(12,13)9-6-3-4-6/h5-6,9H,2-4H2,1H3. The van der Waals surface area contributed by atoms with Gasteiger partial charge in [-0.1, -0.05) is 5.21 Å². The maximum atomic E-state index is 11.7. The zero-order valence-corrected chi connectivity index (χ0v) is 8.66. The van der Waals surface area contributed by atoms with E-state index in [-0.39, 0.29) is 11.1 Å². The van der Waals surface area contributed by atoms with Crippen LogP contribution in [0.4, 0.5) is 0 Å². The molecule has 0 bridgehead atoms. The molecule has 7 heteroatoms. The summed E-state index contributed by atoms with van der Waals surface area (Å²) in [6.45, 7) is 2.33. The Bertz CT molecular complexity index is 421. The van der Waals surface area contributed by atoms with Crippen molar-refractivity contribution in [2.75, 3.05) is 0 Å². The highest BCUT2D eigenvalue weighted by Crippen LogP contribution is 2.21. The predicted octanol–water partition coefficient (Wildman–Crippen LogP) is -0.261. The van der Waals surface area contributed by atoms with Crippen LogP contribution in [0.2, 0.25) is 0 Å². The summed E-state index contributed by atoms with van der Waals surface area (Å²) in [6.07, 6.45) is 3.12. The van der Waals surface area contributed by atoms with Crippen LogP contribution in [-0.2, 0) is 16.6 Å². The molecular weight excluding hydrogens is 204 g/mol. The van der Waals surface area contributed by atoms with Gasteiger partial charge in [-0.2, -0.15) is 0 Å². The molecule has 0 aliphatic heterocycles. The molecule has 1 aromatic rings. The summed E-state index contributed by atoms with van der Waals surface area (Å²) < 4.78 is 27.4. The van der Waals surface area contributed by atoms with Gasteiger partial charge in [0.2, 0.25) is 0 Å². The average Bonchev–Trinajstić information content (AvgIpc) is 2.80. The molecule has 0 unspecified atom stereocenters. The second kappa shape index (κ2) is 3.32. The molecule has 1 heterocycles. The van der Waals surface area contributed by atoms with Gasteiger partial charge in [-0.05, 0) is 19.8 Å². The molecule has 6 nitrogen and oxygen atoms in total. The SMILES string of the molecule is CCn1nncc1S(=O)(=O)NC1CC1. The van der Waals surface area contributed by atoms with E-state index in [1.807, 2.05) is 6.92 Å². The van der Waals surface area contributed by atoms with E-state index < -0.39 is 10.0 Å². The van der Waals surface area contributed by atoms with E-state index in [0.29, 0.717) is 6.54 Å². The van der Waals surface area contributed by atoms with Crippen molar-refractivity contribution in [2.45, 2.75) is 37.4 Å². The Labute approximate surface area is 82.4 Å². The van der Waals surface area contributed by atoms with Gasteiger partial charge in [0.1, 0.15) is 0 Å². The summed E-state index contributed by atoms with van der Waals surface area (Å²) in [5.74, 6) is 0. The lowest BCUT2D eigenvalue weighted by Gasteiger charge is -2.05. The minimum Gasteiger partial charge on any atom is -0.233 e. The third kappa shape index (κ3) is 1.78. The van der Waals surface area contributed by atoms with Crippen molar-refractivity contribution in [2.24, 2.45) is 0 Å². The van der Waals surface area contributed by atoms with E-state index in [2.05, 4.69) is 15.0 Å². The molecule has 0 radical (unpaired) electrons. The first kappa shape index (κ1) is 9.60. The highest BCUT2D eigenvalue weighted by Gasteiger charge is 2.29. The number of nitrogens with zero attached hydrogens (tertiary/aromatic N) is 3. The number of sulfonamides is 1. The van der Waals surface area contributed by atoms with Crippen LogP contribution in [-0.4, -0.2) is 29.5 Å². The first-order chi connectivity index (χ1) is 6.63. The van der Waals surface area contributed by atoms with E-state index in [1.165, 1.54) is 10.9 Å². The molecule has 0 amide bonds. The number of hydrogen-bond acceptors (Lipinski definition) is 4. The summed E-state index contributed by atoms with van der Waals surface area (Å²) >= 11 is 0. The molecule has 0 saturated heterocycles. The van der Waals surface area contributed by atoms with E-state index in [0.717, 1.165) is 12.8 Å². The zero-order valence-electron chi connectivity index (χ0n) is 7.84. The quantitative estimate of drug-likeness (QED) is 0.752. The number of rotatable bonds is 4. The number of aryl methyl sites for hydroxylation is 1. The van der Waals surface area contributed by atoms with Crippen LogP contribution >= 0.6 is 0 Å². The summed E-state index contributed by atoms with van der Waals surface area (Å²) in [5, 5.41) is 7.40. The average molecular weight is 216 g/mol. The van der Waals surface area contributed by atoms with Gasteiger partial charge in [-0.3, -0.25) is 0 Å². The molecule has 2 rings (SSSR count). The fourth-order valence-electron chi connectivity index (χ4n) is 1.16. The molecule has 0 aromatic carbocycles. The maximum Gasteiger partial charge on any atom is 0.259 e. The van der Waals surface area contributed by atoms with Gasteiger partial charge < -0.3 is 0 Å². The minimum atomic E-state index is -3.41. The smallest absolute Gasteiger partial charge is 0.233 e. The molecule has 1 fully saturated rings. The van der Waals surface area contributed by atoms with Crippen LogP contribution in [0, 0.1) is 0 Å². The lowest BCUT2D eigenvalue weighted by atomic mass is 10.7. The molecule has 0 atom stereocenters. The van der Waals surface area contributed by atoms with E-state index in [9.17, 15) is 8.42 Å². The first-order valence-corrected chi connectivity index (χ1v) is 6.02. The van der Waals surface area contributed by atoms with Crippen LogP contribution < -0.4 is 4.72 Å². The van der Waals surface area contributed by atoms with Crippen molar-refractivity contribution in [3.8, 4) is 0 Å². The Kier molecular flexibility index (Phi) is 2.28. The van der Waals surface area contributed by atoms with Crippen LogP contribution in [0.25, 0.3) is 0 Å². The second-order valence-electron chi connectivity index (χ2n) is 3.28. The number of aromatic nitrogens is 3. The minimum absolute atomic E-state index is 0.111. The van der Waals surface area contributed by atoms with E-state index in [4.69, 9.17) is 0 Å². The molecule has 1 N–H and O–H groups in total. The van der Waals surface area contributed by atoms with E-state index >= 15 is 0 Å². The Morgan fingerprint density at radius 1 is 1.64 bits per heavy atom. The largest absolute Gasteiger partial charge is 0.259 e. The monoisotopic (exact) mass is 216 g/mol. The Morgan fingerprint density at radius 2 is 2.36 bits per heavy atom. The van der Waals surface area contributed by atoms with E-state index in [1.54, 1.807) is 0 Å². The molecular formula is C7H12N4O2S. The summed E-state index contributed by atoms with van der Waals surface area (Å²) in [6, 6.07) is 0.111. The van der Waals surface area contributed by atoms with Gasteiger partial charge in [-0.25, -0.2) is 17.8 Å². The van der Waals surface area contributed by atoms with Crippen LogP contribution in [0.3, 0.4) is 0 Å². The van der Waals surface area contributed by atoms with Gasteiger partial charge in [-0.15, -0.1) is 5.10 Å². The summed E-state index contributed by atoms with van der Waals surface area (Å²) in [7, 11) is -3.41. The lowest BCUT2D eigenvalue weighted by molar-refractivity contribution is 0.537. The van der Waals surface area contributed by atoms with Crippen molar-refractivity contribution >= 4 is 10.0 Å². The van der Waals surface area contributed by atoms with Crippen molar-refractivity contribution in [1.29, 1.82) is 0 Å². The molecule has 1 aliphatic carbocycles. The Morgan fingerprint density at radius 3 is 2.93 bits per heavy atom.